The molecule has 0 bridgehead atoms. The Balaban J connectivity index is 5.02. The van der Waals surface area contributed by atoms with Crippen molar-refractivity contribution in [3.63, 3.8) is 0 Å². The average molecular weight is 234 g/mol. The molecule has 0 aliphatic carbocycles. The van der Waals surface area contributed by atoms with Gasteiger partial charge in [0.05, 0.1) is 0 Å². The number of hydrogen-bond acceptors (Lipinski definition) is 1. The smallest absolute Gasteiger partial charge is 0.0145 e. The molecule has 0 unspecified atom stereocenters. The van der Waals surface area contributed by atoms with Gasteiger partial charge in [0.1, 0.15) is 0 Å². The second-order valence-electron chi connectivity index (χ2n) is 3.80. The topological polar surface area (TPSA) is 0 Å². The molecule has 0 heterocycles. The van der Waals surface area contributed by atoms with Gasteiger partial charge in [-0.1, -0.05) is 48.2 Å². The van der Waals surface area contributed by atoms with Gasteiger partial charge in [-0.15, -0.1) is 0 Å². The number of thioether (sulfide) groups is 1. The van der Waals surface area contributed by atoms with Gasteiger partial charge in [0.15, 0.2) is 0 Å². The zero-order valence-corrected chi connectivity index (χ0v) is 11.8. The molecule has 0 aromatic heterocycles. The molecule has 0 aliphatic heterocycles. The van der Waals surface area contributed by atoms with E-state index < -0.39 is 0 Å². The first-order valence-electron chi connectivity index (χ1n) is 5.49. The van der Waals surface area contributed by atoms with Gasteiger partial charge in [0.2, 0.25) is 0 Å². The highest BCUT2D eigenvalue weighted by atomic mass is 32.2. The first-order chi connectivity index (χ1) is 7.52. The van der Waals surface area contributed by atoms with Gasteiger partial charge in [-0.25, -0.2) is 0 Å². The van der Waals surface area contributed by atoms with Crippen LogP contribution in [0.3, 0.4) is 0 Å². The molecule has 0 aromatic rings. The van der Waals surface area contributed by atoms with E-state index in [0.717, 1.165) is 5.57 Å². The summed E-state index contributed by atoms with van der Waals surface area (Å²) in [5, 5.41) is 0. The van der Waals surface area contributed by atoms with Crippen LogP contribution in [0.2, 0.25) is 0 Å². The van der Waals surface area contributed by atoms with E-state index in [1.807, 2.05) is 26.8 Å². The average Bonchev–Trinajstić information content (AvgIpc) is 2.21. The molecule has 0 aliphatic rings. The van der Waals surface area contributed by atoms with Crippen molar-refractivity contribution in [3.05, 3.63) is 57.9 Å². The molecule has 0 amide bonds. The van der Waals surface area contributed by atoms with Crippen LogP contribution >= 0.6 is 11.8 Å². The van der Waals surface area contributed by atoms with Crippen molar-refractivity contribution in [2.24, 2.45) is 0 Å². The summed E-state index contributed by atoms with van der Waals surface area (Å²) in [4.78, 5) is 2.51. The van der Waals surface area contributed by atoms with Crippen LogP contribution < -0.4 is 0 Å². The van der Waals surface area contributed by atoms with Crippen LogP contribution in [0, 0.1) is 0 Å². The molecule has 0 N–H and O–H groups in total. The van der Waals surface area contributed by atoms with E-state index in [9.17, 15) is 0 Å². The SMILES string of the molecule is C=C(C)C(=CC=CC)SC(C=CC)=C(C)C. The van der Waals surface area contributed by atoms with Crippen molar-refractivity contribution in [1.82, 2.24) is 0 Å². The van der Waals surface area contributed by atoms with Gasteiger partial charge < -0.3 is 0 Å². The minimum Gasteiger partial charge on any atom is -0.0950 e. The van der Waals surface area contributed by atoms with Crippen molar-refractivity contribution in [1.29, 1.82) is 0 Å². The fourth-order valence-corrected chi connectivity index (χ4v) is 1.99. The maximum absolute atomic E-state index is 4.01. The van der Waals surface area contributed by atoms with Gasteiger partial charge in [0, 0.05) is 9.81 Å². The fourth-order valence-electron chi connectivity index (χ4n) is 1.02. The largest absolute Gasteiger partial charge is 0.0950 e. The molecule has 0 nitrogen and oxygen atoms in total. The van der Waals surface area contributed by atoms with Crippen LogP contribution in [0.5, 0.6) is 0 Å². The standard InChI is InChI=1S/C15H22S/c1-7-9-11-15(13(5)6)16-14(10-8-2)12(3)4/h7-11H,5H2,1-4,6H3. The molecular weight excluding hydrogens is 212 g/mol. The fraction of sp³-hybridized carbons (Fsp3) is 0.333. The molecule has 0 saturated carbocycles. The van der Waals surface area contributed by atoms with Crippen molar-refractivity contribution < 1.29 is 0 Å². The lowest BCUT2D eigenvalue weighted by Crippen LogP contribution is -1.82. The first kappa shape index (κ1) is 15.0. The minimum absolute atomic E-state index is 1.10. The summed E-state index contributed by atoms with van der Waals surface area (Å²) in [5.41, 5.74) is 2.43. The summed E-state index contributed by atoms with van der Waals surface area (Å²) in [6, 6.07) is 0. The van der Waals surface area contributed by atoms with Crippen LogP contribution in [0.1, 0.15) is 34.6 Å². The van der Waals surface area contributed by atoms with Crippen molar-refractivity contribution in [3.8, 4) is 0 Å². The highest BCUT2D eigenvalue weighted by Crippen LogP contribution is 2.32. The second kappa shape index (κ2) is 8.23. The maximum Gasteiger partial charge on any atom is 0.0145 e. The van der Waals surface area contributed by atoms with E-state index in [2.05, 4.69) is 44.7 Å². The Labute approximate surface area is 105 Å². The normalized spacial score (nSPS) is 12.4. The summed E-state index contributed by atoms with van der Waals surface area (Å²) < 4.78 is 0. The van der Waals surface area contributed by atoms with E-state index in [1.54, 1.807) is 11.8 Å². The first-order valence-corrected chi connectivity index (χ1v) is 6.31. The zero-order chi connectivity index (χ0) is 12.6. The predicted molar refractivity (Wildman–Crippen MR) is 78.5 cm³/mol. The summed E-state index contributed by atoms with van der Waals surface area (Å²) in [6.07, 6.45) is 10.4. The van der Waals surface area contributed by atoms with Crippen LogP contribution in [-0.4, -0.2) is 0 Å². The lowest BCUT2D eigenvalue weighted by molar-refractivity contribution is 1.38. The molecule has 0 rings (SSSR count). The van der Waals surface area contributed by atoms with Gasteiger partial charge in [0.25, 0.3) is 0 Å². The third-order valence-corrected chi connectivity index (χ3v) is 3.36. The molecule has 0 saturated heterocycles. The number of rotatable bonds is 5. The van der Waals surface area contributed by atoms with Gasteiger partial charge in [-0.05, 0) is 46.3 Å². The quantitative estimate of drug-likeness (QED) is 0.556. The Morgan fingerprint density at radius 1 is 1.06 bits per heavy atom. The summed E-state index contributed by atoms with van der Waals surface area (Å²) in [6.45, 7) is 14.4. The van der Waals surface area contributed by atoms with Gasteiger partial charge in [-0.2, -0.15) is 0 Å². The highest BCUT2D eigenvalue weighted by molar-refractivity contribution is 8.07. The Kier molecular flexibility index (Phi) is 7.74. The second-order valence-corrected chi connectivity index (χ2v) is 4.89. The molecule has 0 fully saturated rings. The molecule has 16 heavy (non-hydrogen) atoms. The minimum atomic E-state index is 1.10. The molecule has 1 heteroatoms. The Bertz CT molecular complexity index is 348. The summed E-state index contributed by atoms with van der Waals surface area (Å²) in [5.74, 6) is 0. The third-order valence-electron chi connectivity index (χ3n) is 1.89. The number of hydrogen-bond donors (Lipinski definition) is 0. The lowest BCUT2D eigenvalue weighted by atomic mass is 10.3. The molecule has 88 valence electrons. The van der Waals surface area contributed by atoms with Crippen LogP contribution in [-0.2, 0) is 0 Å². The zero-order valence-electron chi connectivity index (χ0n) is 11.0. The van der Waals surface area contributed by atoms with Crippen LogP contribution in [0.15, 0.2) is 57.9 Å². The van der Waals surface area contributed by atoms with E-state index in [4.69, 9.17) is 0 Å². The van der Waals surface area contributed by atoms with E-state index >= 15 is 0 Å². The molecular formula is C15H22S. The number of allylic oxidation sites excluding steroid dienone is 7. The van der Waals surface area contributed by atoms with Gasteiger partial charge >= 0.3 is 0 Å². The predicted octanol–water partition coefficient (Wildman–Crippen LogP) is 5.63. The van der Waals surface area contributed by atoms with Crippen molar-refractivity contribution in [2.45, 2.75) is 34.6 Å². The molecule has 0 aromatic carbocycles. The molecule has 0 spiro atoms. The maximum atomic E-state index is 4.01. The Hall–Kier alpha value is -0.950. The Morgan fingerprint density at radius 3 is 2.06 bits per heavy atom. The van der Waals surface area contributed by atoms with Crippen molar-refractivity contribution in [2.75, 3.05) is 0 Å². The monoisotopic (exact) mass is 234 g/mol. The Morgan fingerprint density at radius 2 is 1.69 bits per heavy atom. The summed E-state index contributed by atoms with van der Waals surface area (Å²) in [7, 11) is 0. The van der Waals surface area contributed by atoms with Gasteiger partial charge in [-0.3, -0.25) is 0 Å². The molecule has 0 atom stereocenters. The highest BCUT2D eigenvalue weighted by Gasteiger charge is 2.02. The van der Waals surface area contributed by atoms with Crippen LogP contribution in [0.4, 0.5) is 0 Å². The van der Waals surface area contributed by atoms with Crippen LogP contribution in [0.25, 0.3) is 0 Å². The van der Waals surface area contributed by atoms with E-state index in [-0.39, 0.29) is 0 Å². The molecule has 0 radical (unpaired) electrons. The van der Waals surface area contributed by atoms with E-state index in [0.29, 0.717) is 0 Å². The summed E-state index contributed by atoms with van der Waals surface area (Å²) >= 11 is 1.77. The third kappa shape index (κ3) is 5.82. The van der Waals surface area contributed by atoms with Crippen molar-refractivity contribution >= 4 is 11.8 Å². The lowest BCUT2D eigenvalue weighted by Gasteiger charge is -2.08. The van der Waals surface area contributed by atoms with E-state index in [1.165, 1.54) is 15.4 Å².